The number of benzene rings is 1. The van der Waals surface area contributed by atoms with Gasteiger partial charge in [-0.15, -0.1) is 0 Å². The smallest absolute Gasteiger partial charge is 0.303 e. The van der Waals surface area contributed by atoms with Crippen LogP contribution in [-0.2, 0) is 11.2 Å². The van der Waals surface area contributed by atoms with Gasteiger partial charge in [-0.2, -0.15) is 5.10 Å². The lowest BCUT2D eigenvalue weighted by Crippen LogP contribution is -1.99. The topological polar surface area (TPSA) is 66.0 Å². The summed E-state index contributed by atoms with van der Waals surface area (Å²) in [5.41, 5.74) is 5.10. The zero-order valence-electron chi connectivity index (χ0n) is 12.1. The highest BCUT2D eigenvalue weighted by Crippen LogP contribution is 2.26. The zero-order valence-corrected chi connectivity index (χ0v) is 12.1. The van der Waals surface area contributed by atoms with E-state index < -0.39 is 5.97 Å². The van der Waals surface area contributed by atoms with Crippen molar-refractivity contribution < 1.29 is 9.90 Å². The van der Waals surface area contributed by atoms with Crippen LogP contribution in [-0.4, -0.2) is 21.3 Å². The molecule has 0 saturated heterocycles. The molecule has 0 fully saturated rings. The number of rotatable bonds is 5. The Balaban J connectivity index is 2.30. The van der Waals surface area contributed by atoms with Crippen LogP contribution < -0.4 is 0 Å². The minimum Gasteiger partial charge on any atom is -0.481 e. The van der Waals surface area contributed by atoms with E-state index in [9.17, 15) is 4.79 Å². The van der Waals surface area contributed by atoms with Crippen LogP contribution in [0.4, 0.5) is 0 Å². The Morgan fingerprint density at radius 3 is 2.50 bits per heavy atom. The second kappa shape index (κ2) is 5.90. The lowest BCUT2D eigenvalue weighted by atomic mass is 9.98. The Morgan fingerprint density at radius 1 is 1.30 bits per heavy atom. The Hall–Kier alpha value is -2.10. The molecule has 0 spiro atoms. The fourth-order valence-corrected chi connectivity index (χ4v) is 2.25. The fraction of sp³-hybridized carbons (Fsp3) is 0.375. The number of aryl methyl sites for hydroxylation is 1. The van der Waals surface area contributed by atoms with Crippen molar-refractivity contribution in [2.24, 2.45) is 0 Å². The minimum atomic E-state index is -0.785. The van der Waals surface area contributed by atoms with Gasteiger partial charge in [0.1, 0.15) is 0 Å². The van der Waals surface area contributed by atoms with E-state index in [2.05, 4.69) is 48.3 Å². The van der Waals surface area contributed by atoms with Crippen LogP contribution in [0.25, 0.3) is 11.3 Å². The van der Waals surface area contributed by atoms with Gasteiger partial charge in [-0.3, -0.25) is 9.89 Å². The Bertz CT molecular complexity index is 597. The molecule has 2 N–H and O–H groups in total. The summed E-state index contributed by atoms with van der Waals surface area (Å²) in [5, 5.41) is 16.1. The van der Waals surface area contributed by atoms with Gasteiger partial charge in [0.25, 0.3) is 0 Å². The van der Waals surface area contributed by atoms with E-state index in [0.717, 1.165) is 22.5 Å². The van der Waals surface area contributed by atoms with Crippen LogP contribution in [0.5, 0.6) is 0 Å². The van der Waals surface area contributed by atoms with Crippen molar-refractivity contribution in [1.82, 2.24) is 10.2 Å². The van der Waals surface area contributed by atoms with E-state index in [4.69, 9.17) is 5.11 Å². The van der Waals surface area contributed by atoms with Gasteiger partial charge < -0.3 is 5.11 Å². The van der Waals surface area contributed by atoms with Crippen molar-refractivity contribution in [1.29, 1.82) is 0 Å². The van der Waals surface area contributed by atoms with Gasteiger partial charge in [-0.25, -0.2) is 0 Å². The number of carboxylic acids is 1. The maximum absolute atomic E-state index is 10.7. The number of aliphatic carboxylic acids is 1. The lowest BCUT2D eigenvalue weighted by Gasteiger charge is -2.07. The number of aromatic nitrogens is 2. The molecule has 0 aliphatic carbocycles. The third-order valence-corrected chi connectivity index (χ3v) is 3.51. The van der Waals surface area contributed by atoms with Crippen molar-refractivity contribution in [3.63, 3.8) is 0 Å². The molecule has 0 unspecified atom stereocenters. The number of nitrogens with zero attached hydrogens (tertiary/aromatic N) is 1. The fourth-order valence-electron chi connectivity index (χ4n) is 2.25. The molecule has 2 rings (SSSR count). The van der Waals surface area contributed by atoms with Crippen LogP contribution in [0, 0.1) is 6.92 Å². The molecule has 1 aromatic heterocycles. The molecule has 0 bridgehead atoms. The molecule has 0 aliphatic heterocycles. The quantitative estimate of drug-likeness (QED) is 0.875. The van der Waals surface area contributed by atoms with Crippen LogP contribution in [0.1, 0.15) is 43.0 Å². The van der Waals surface area contributed by atoms with Crippen molar-refractivity contribution in [3.05, 3.63) is 41.1 Å². The van der Waals surface area contributed by atoms with Crippen molar-refractivity contribution >= 4 is 5.97 Å². The molecule has 0 saturated carbocycles. The highest BCUT2D eigenvalue weighted by atomic mass is 16.4. The van der Waals surface area contributed by atoms with E-state index in [0.29, 0.717) is 12.3 Å². The minimum absolute atomic E-state index is 0.122. The summed E-state index contributed by atoms with van der Waals surface area (Å²) in [6.07, 6.45) is 0.621. The van der Waals surface area contributed by atoms with E-state index in [1.54, 1.807) is 0 Å². The maximum atomic E-state index is 10.7. The summed E-state index contributed by atoms with van der Waals surface area (Å²) in [7, 11) is 0. The van der Waals surface area contributed by atoms with Crippen LogP contribution in [0.3, 0.4) is 0 Å². The lowest BCUT2D eigenvalue weighted by molar-refractivity contribution is -0.136. The summed E-state index contributed by atoms with van der Waals surface area (Å²) in [5.74, 6) is -0.289. The van der Waals surface area contributed by atoms with Crippen molar-refractivity contribution in [3.8, 4) is 11.3 Å². The summed E-state index contributed by atoms with van der Waals surface area (Å²) in [6.45, 7) is 6.24. The van der Waals surface area contributed by atoms with Crippen molar-refractivity contribution in [2.75, 3.05) is 0 Å². The predicted octanol–water partition coefficient (Wildman–Crippen LogP) is 3.53. The van der Waals surface area contributed by atoms with Gasteiger partial charge in [0, 0.05) is 23.2 Å². The average molecular weight is 272 g/mol. The Kier molecular flexibility index (Phi) is 4.23. The van der Waals surface area contributed by atoms with E-state index in [1.165, 1.54) is 5.56 Å². The maximum Gasteiger partial charge on any atom is 0.303 e. The number of carbonyl (C=O) groups is 1. The molecule has 0 aliphatic rings. The van der Waals surface area contributed by atoms with Crippen LogP contribution >= 0.6 is 0 Å². The average Bonchev–Trinajstić information content (AvgIpc) is 2.77. The highest BCUT2D eigenvalue weighted by molar-refractivity contribution is 5.69. The summed E-state index contributed by atoms with van der Waals surface area (Å²) < 4.78 is 0. The van der Waals surface area contributed by atoms with Crippen LogP contribution in [0.15, 0.2) is 24.3 Å². The summed E-state index contributed by atoms with van der Waals surface area (Å²) in [4.78, 5) is 10.7. The number of hydrogen-bond acceptors (Lipinski definition) is 2. The molecule has 20 heavy (non-hydrogen) atoms. The molecule has 0 atom stereocenters. The van der Waals surface area contributed by atoms with E-state index >= 15 is 0 Å². The number of H-pyrrole nitrogens is 1. The predicted molar refractivity (Wildman–Crippen MR) is 78.8 cm³/mol. The standard InChI is InChI=1S/C16H20N2O2/c1-10(2)12-4-6-13(7-5-12)16-14(8-9-15(19)20)11(3)17-18-16/h4-7,10H,8-9H2,1-3H3,(H,17,18)(H,19,20). The summed E-state index contributed by atoms with van der Waals surface area (Å²) >= 11 is 0. The van der Waals surface area contributed by atoms with Gasteiger partial charge in [0.05, 0.1) is 5.69 Å². The Labute approximate surface area is 118 Å². The molecule has 0 amide bonds. The third kappa shape index (κ3) is 3.07. The second-order valence-electron chi connectivity index (χ2n) is 5.35. The SMILES string of the molecule is Cc1[nH]nc(-c2ccc(C(C)C)cc2)c1CCC(=O)O. The third-order valence-electron chi connectivity index (χ3n) is 3.51. The van der Waals surface area contributed by atoms with Crippen molar-refractivity contribution in [2.45, 2.75) is 39.5 Å². The van der Waals surface area contributed by atoms with E-state index in [-0.39, 0.29) is 6.42 Å². The highest BCUT2D eigenvalue weighted by Gasteiger charge is 2.13. The van der Waals surface area contributed by atoms with Crippen LogP contribution in [0.2, 0.25) is 0 Å². The number of nitrogens with one attached hydrogen (secondary N) is 1. The van der Waals surface area contributed by atoms with Gasteiger partial charge in [-0.1, -0.05) is 38.1 Å². The second-order valence-corrected chi connectivity index (χ2v) is 5.35. The first-order chi connectivity index (χ1) is 9.49. The molecule has 4 nitrogen and oxygen atoms in total. The molecule has 1 aromatic carbocycles. The largest absolute Gasteiger partial charge is 0.481 e. The number of hydrogen-bond donors (Lipinski definition) is 2. The first kappa shape index (κ1) is 14.3. The van der Waals surface area contributed by atoms with E-state index in [1.807, 2.05) is 6.92 Å². The number of aromatic amines is 1. The van der Waals surface area contributed by atoms with Gasteiger partial charge in [-0.05, 0) is 24.8 Å². The first-order valence-corrected chi connectivity index (χ1v) is 6.85. The van der Waals surface area contributed by atoms with Gasteiger partial charge >= 0.3 is 5.97 Å². The molecular formula is C16H20N2O2. The number of carboxylic acid groups (broad SMARTS) is 1. The normalized spacial score (nSPS) is 11.0. The zero-order chi connectivity index (χ0) is 14.7. The van der Waals surface area contributed by atoms with Gasteiger partial charge in [0.15, 0.2) is 0 Å². The molecule has 1 heterocycles. The molecule has 106 valence electrons. The first-order valence-electron chi connectivity index (χ1n) is 6.85. The molecule has 4 heteroatoms. The monoisotopic (exact) mass is 272 g/mol. The van der Waals surface area contributed by atoms with Gasteiger partial charge in [0.2, 0.25) is 0 Å². The summed E-state index contributed by atoms with van der Waals surface area (Å²) in [6, 6.07) is 8.31. The molecular weight excluding hydrogens is 252 g/mol. The Morgan fingerprint density at radius 2 is 1.95 bits per heavy atom. The molecule has 2 aromatic rings. The molecule has 0 radical (unpaired) electrons.